The Morgan fingerprint density at radius 2 is 1.84 bits per heavy atom. The van der Waals surface area contributed by atoms with E-state index in [1.165, 1.54) is 12.8 Å². The van der Waals surface area contributed by atoms with Gasteiger partial charge in [-0.25, -0.2) is 9.97 Å². The van der Waals surface area contributed by atoms with Gasteiger partial charge in [-0.3, -0.25) is 4.79 Å². The van der Waals surface area contributed by atoms with Gasteiger partial charge in [-0.1, -0.05) is 44.2 Å². The summed E-state index contributed by atoms with van der Waals surface area (Å²) in [7, 11) is 0. The highest BCUT2D eigenvalue weighted by atomic mass is 16.1. The fourth-order valence-electron chi connectivity index (χ4n) is 3.24. The molecule has 25 heavy (non-hydrogen) atoms. The number of carbonyl (C=O) groups is 1. The Hall–Kier alpha value is -2.43. The highest BCUT2D eigenvalue weighted by Crippen LogP contribution is 2.23. The van der Waals surface area contributed by atoms with Gasteiger partial charge < -0.3 is 10.2 Å². The van der Waals surface area contributed by atoms with Gasteiger partial charge in [0.25, 0.3) is 0 Å². The molecule has 1 aliphatic heterocycles. The average molecular weight is 338 g/mol. The van der Waals surface area contributed by atoms with E-state index in [4.69, 9.17) is 0 Å². The minimum absolute atomic E-state index is 0.0168. The molecule has 1 fully saturated rings. The van der Waals surface area contributed by atoms with Crippen molar-refractivity contribution in [3.8, 4) is 0 Å². The second kappa shape index (κ2) is 8.10. The number of carbonyl (C=O) groups excluding carboxylic acids is 1. The van der Waals surface area contributed by atoms with Gasteiger partial charge >= 0.3 is 0 Å². The zero-order valence-corrected chi connectivity index (χ0v) is 15.0. The topological polar surface area (TPSA) is 58.1 Å². The molecule has 132 valence electrons. The molecule has 1 atom stereocenters. The highest BCUT2D eigenvalue weighted by Gasteiger charge is 2.20. The Balaban J connectivity index is 1.63. The SMILES string of the molecule is CCC(C(=O)Nc1cnc(N2CCC(C)CC2)nc1)c1ccccc1. The third kappa shape index (κ3) is 4.35. The van der Waals surface area contributed by atoms with Crippen LogP contribution in [0.25, 0.3) is 0 Å². The van der Waals surface area contributed by atoms with E-state index < -0.39 is 0 Å². The lowest BCUT2D eigenvalue weighted by Crippen LogP contribution is -2.34. The maximum atomic E-state index is 12.6. The molecule has 0 spiro atoms. The Morgan fingerprint density at radius 3 is 2.44 bits per heavy atom. The van der Waals surface area contributed by atoms with Gasteiger partial charge in [-0.2, -0.15) is 0 Å². The number of nitrogens with one attached hydrogen (secondary N) is 1. The van der Waals surface area contributed by atoms with Crippen molar-refractivity contribution in [1.29, 1.82) is 0 Å². The number of amides is 1. The van der Waals surface area contributed by atoms with Crippen LogP contribution in [0.2, 0.25) is 0 Å². The van der Waals surface area contributed by atoms with Crippen molar-refractivity contribution in [1.82, 2.24) is 9.97 Å². The lowest BCUT2D eigenvalue weighted by Gasteiger charge is -2.30. The minimum Gasteiger partial charge on any atom is -0.341 e. The van der Waals surface area contributed by atoms with Gasteiger partial charge in [0, 0.05) is 13.1 Å². The predicted molar refractivity (Wildman–Crippen MR) is 101 cm³/mol. The summed E-state index contributed by atoms with van der Waals surface area (Å²) < 4.78 is 0. The zero-order valence-electron chi connectivity index (χ0n) is 15.0. The Kier molecular flexibility index (Phi) is 5.64. The van der Waals surface area contributed by atoms with Crippen LogP contribution in [0.3, 0.4) is 0 Å². The van der Waals surface area contributed by atoms with Crippen LogP contribution < -0.4 is 10.2 Å². The van der Waals surface area contributed by atoms with E-state index in [0.717, 1.165) is 36.9 Å². The van der Waals surface area contributed by atoms with Crippen molar-refractivity contribution in [2.45, 2.75) is 39.0 Å². The fraction of sp³-hybridized carbons (Fsp3) is 0.450. The first-order valence-corrected chi connectivity index (χ1v) is 9.10. The van der Waals surface area contributed by atoms with Gasteiger partial charge in [-0.15, -0.1) is 0 Å². The number of hydrogen-bond acceptors (Lipinski definition) is 4. The number of anilines is 2. The smallest absolute Gasteiger partial charge is 0.231 e. The van der Waals surface area contributed by atoms with Crippen LogP contribution in [0.1, 0.15) is 44.6 Å². The van der Waals surface area contributed by atoms with Gasteiger partial charge in [0.1, 0.15) is 0 Å². The monoisotopic (exact) mass is 338 g/mol. The minimum atomic E-state index is -0.163. The molecule has 1 amide bonds. The number of nitrogens with zero attached hydrogens (tertiary/aromatic N) is 3. The third-order valence-corrected chi connectivity index (χ3v) is 4.90. The Morgan fingerprint density at radius 1 is 1.20 bits per heavy atom. The summed E-state index contributed by atoms with van der Waals surface area (Å²) in [5.41, 5.74) is 1.68. The molecule has 5 nitrogen and oxygen atoms in total. The van der Waals surface area contributed by atoms with Crippen LogP contribution in [-0.4, -0.2) is 29.0 Å². The van der Waals surface area contributed by atoms with E-state index >= 15 is 0 Å². The van der Waals surface area contributed by atoms with Crippen molar-refractivity contribution in [2.24, 2.45) is 5.92 Å². The maximum Gasteiger partial charge on any atom is 0.231 e. The molecule has 1 aromatic heterocycles. The molecular weight excluding hydrogens is 312 g/mol. The summed E-state index contributed by atoms with van der Waals surface area (Å²) in [5.74, 6) is 1.35. The molecule has 0 radical (unpaired) electrons. The van der Waals surface area contributed by atoms with Crippen molar-refractivity contribution in [3.63, 3.8) is 0 Å². The van der Waals surface area contributed by atoms with Crippen molar-refractivity contribution in [3.05, 3.63) is 48.3 Å². The number of hydrogen-bond donors (Lipinski definition) is 1. The second-order valence-electron chi connectivity index (χ2n) is 6.80. The zero-order chi connectivity index (χ0) is 17.6. The standard InChI is InChI=1S/C20H26N4O/c1-3-18(16-7-5-4-6-8-16)19(25)23-17-13-21-20(22-14-17)24-11-9-15(2)10-12-24/h4-8,13-15,18H,3,9-12H2,1-2H3,(H,23,25). The molecule has 1 aliphatic rings. The largest absolute Gasteiger partial charge is 0.341 e. The van der Waals surface area contributed by atoms with Crippen molar-refractivity contribution in [2.75, 3.05) is 23.3 Å². The molecule has 1 N–H and O–H groups in total. The van der Waals surface area contributed by atoms with E-state index in [-0.39, 0.29) is 11.8 Å². The van der Waals surface area contributed by atoms with Crippen LogP contribution in [0, 0.1) is 5.92 Å². The third-order valence-electron chi connectivity index (χ3n) is 4.90. The molecule has 1 saturated heterocycles. The lowest BCUT2D eigenvalue weighted by molar-refractivity contribution is -0.117. The molecule has 2 aromatic rings. The van der Waals surface area contributed by atoms with E-state index in [2.05, 4.69) is 27.1 Å². The Labute approximate surface area is 149 Å². The molecule has 0 bridgehead atoms. The average Bonchev–Trinajstić information content (AvgIpc) is 2.65. The number of aromatic nitrogens is 2. The quantitative estimate of drug-likeness (QED) is 0.900. The first-order chi connectivity index (χ1) is 12.2. The first kappa shape index (κ1) is 17.4. The number of benzene rings is 1. The maximum absolute atomic E-state index is 12.6. The summed E-state index contributed by atoms with van der Waals surface area (Å²) in [6.07, 6.45) is 6.51. The molecule has 1 unspecified atom stereocenters. The van der Waals surface area contributed by atoms with Crippen LogP contribution in [0.4, 0.5) is 11.6 Å². The van der Waals surface area contributed by atoms with Crippen LogP contribution >= 0.6 is 0 Å². The van der Waals surface area contributed by atoms with E-state index in [9.17, 15) is 4.79 Å². The van der Waals surface area contributed by atoms with Crippen LogP contribution in [-0.2, 0) is 4.79 Å². The molecular formula is C20H26N4O. The molecule has 1 aromatic carbocycles. The van der Waals surface area contributed by atoms with Crippen molar-refractivity contribution >= 4 is 17.5 Å². The van der Waals surface area contributed by atoms with Crippen molar-refractivity contribution < 1.29 is 4.79 Å². The normalized spacial score (nSPS) is 16.5. The summed E-state index contributed by atoms with van der Waals surface area (Å²) in [6, 6.07) is 9.86. The van der Waals surface area contributed by atoms with E-state index in [1.54, 1.807) is 12.4 Å². The van der Waals surface area contributed by atoms with Crippen LogP contribution in [0.15, 0.2) is 42.7 Å². The molecule has 0 aliphatic carbocycles. The fourth-order valence-corrected chi connectivity index (χ4v) is 3.24. The number of piperidine rings is 1. The predicted octanol–water partition coefficient (Wildman–Crippen LogP) is 3.85. The summed E-state index contributed by atoms with van der Waals surface area (Å²) in [6.45, 7) is 6.31. The van der Waals surface area contributed by atoms with Gasteiger partial charge in [0.15, 0.2) is 0 Å². The summed E-state index contributed by atoms with van der Waals surface area (Å²) in [5, 5.41) is 2.95. The molecule has 5 heteroatoms. The van der Waals surface area contributed by atoms with Gasteiger partial charge in [-0.05, 0) is 30.7 Å². The summed E-state index contributed by atoms with van der Waals surface area (Å²) in [4.78, 5) is 23.7. The molecule has 0 saturated carbocycles. The second-order valence-corrected chi connectivity index (χ2v) is 6.80. The summed E-state index contributed by atoms with van der Waals surface area (Å²) >= 11 is 0. The Bertz CT molecular complexity index is 679. The van der Waals surface area contributed by atoms with Gasteiger partial charge in [0.2, 0.25) is 11.9 Å². The number of rotatable bonds is 5. The highest BCUT2D eigenvalue weighted by molar-refractivity contribution is 5.95. The first-order valence-electron chi connectivity index (χ1n) is 9.10. The van der Waals surface area contributed by atoms with Gasteiger partial charge in [0.05, 0.1) is 24.0 Å². The molecule has 2 heterocycles. The van der Waals surface area contributed by atoms with E-state index in [1.807, 2.05) is 37.3 Å². The lowest BCUT2D eigenvalue weighted by atomic mass is 9.95. The van der Waals surface area contributed by atoms with E-state index in [0.29, 0.717) is 5.69 Å². The van der Waals surface area contributed by atoms with Crippen LogP contribution in [0.5, 0.6) is 0 Å². The molecule has 3 rings (SSSR count).